The summed E-state index contributed by atoms with van der Waals surface area (Å²) in [5.74, 6) is 0. The molecule has 0 saturated carbocycles. The van der Waals surface area contributed by atoms with Gasteiger partial charge in [-0.25, -0.2) is 9.13 Å². The molecular weight excluding hydrogens is 256 g/mol. The van der Waals surface area contributed by atoms with E-state index in [-0.39, 0.29) is 6.61 Å². The number of rotatable bonds is 2. The van der Waals surface area contributed by atoms with Gasteiger partial charge in [0.15, 0.2) is 0 Å². The van der Waals surface area contributed by atoms with E-state index >= 15 is 0 Å². The van der Waals surface area contributed by atoms with Crippen LogP contribution in [0.1, 0.15) is 6.42 Å². The summed E-state index contributed by atoms with van der Waals surface area (Å²) in [6.07, 6.45) is 0.722. The number of phosphoric acid groups is 2. The molecule has 12 heteroatoms. The smallest absolute Gasteiger partial charge is 0.396 e. The fourth-order valence-corrected chi connectivity index (χ4v) is 0.0913. The minimum atomic E-state index is -4.64. The van der Waals surface area contributed by atoms with Crippen molar-refractivity contribution in [1.29, 1.82) is 0 Å². The van der Waals surface area contributed by atoms with Crippen LogP contribution in [-0.2, 0) is 9.13 Å². The lowest BCUT2D eigenvalue weighted by molar-refractivity contribution is 0.272. The second-order valence-electron chi connectivity index (χ2n) is 1.89. The molecule has 0 radical (unpaired) electrons. The summed E-state index contributed by atoms with van der Waals surface area (Å²) in [7, 11) is -9.28. The van der Waals surface area contributed by atoms with Crippen LogP contribution >= 0.6 is 15.6 Å². The summed E-state index contributed by atoms with van der Waals surface area (Å²) in [6, 6.07) is 0. The first kappa shape index (κ1) is 20.5. The molecule has 0 saturated heterocycles. The monoisotopic (exact) mass is 271 g/mol. The van der Waals surface area contributed by atoms with Crippen LogP contribution in [0.3, 0.4) is 0 Å². The Kier molecular flexibility index (Phi) is 14.6. The van der Waals surface area contributed by atoms with Gasteiger partial charge >= 0.3 is 15.6 Å². The molecule has 0 unspecified atom stereocenters. The third-order valence-electron chi connectivity index (χ3n) is 0.362. The predicted octanol–water partition coefficient (Wildman–Crippen LogP) is -2.53. The van der Waals surface area contributed by atoms with E-state index in [9.17, 15) is 0 Å². The Morgan fingerprint density at radius 2 is 1.07 bits per heavy atom. The highest BCUT2D eigenvalue weighted by molar-refractivity contribution is 7.45. The van der Waals surface area contributed by atoms with Gasteiger partial charge in [0.25, 0.3) is 0 Å². The molecule has 0 atom stereocenters. The molecular formula is C3H15NO9P2. The standard InChI is InChI=1S/C3H9NO.2H3O4P/c4-2-1-3-5;2*1-5(2,3)4/h5H,1-4H2;2*(H3,1,2,3,4). The molecule has 0 fully saturated rings. The van der Waals surface area contributed by atoms with Crippen LogP contribution in [0.2, 0.25) is 0 Å². The van der Waals surface area contributed by atoms with Crippen molar-refractivity contribution in [2.24, 2.45) is 5.73 Å². The molecule has 0 aromatic rings. The van der Waals surface area contributed by atoms with E-state index < -0.39 is 15.6 Å². The summed E-state index contributed by atoms with van der Waals surface area (Å²) in [5.41, 5.74) is 4.98. The third kappa shape index (κ3) is 455. The Morgan fingerprint density at radius 3 is 1.07 bits per heavy atom. The molecule has 0 aliphatic carbocycles. The van der Waals surface area contributed by atoms with Gasteiger partial charge < -0.3 is 40.2 Å². The first-order valence-corrected chi connectivity index (χ1v) is 6.42. The van der Waals surface area contributed by atoms with E-state index in [1.807, 2.05) is 0 Å². The summed E-state index contributed by atoms with van der Waals surface area (Å²) < 4.78 is 17.8. The second kappa shape index (κ2) is 10.7. The molecule has 10 nitrogen and oxygen atoms in total. The van der Waals surface area contributed by atoms with E-state index in [1.54, 1.807) is 0 Å². The average molecular weight is 271 g/mol. The van der Waals surface area contributed by atoms with Gasteiger partial charge in [-0.2, -0.15) is 0 Å². The Labute approximate surface area is 85.5 Å². The van der Waals surface area contributed by atoms with Crippen molar-refractivity contribution in [3.8, 4) is 0 Å². The summed E-state index contributed by atoms with van der Waals surface area (Å²) in [6.45, 7) is 0.812. The molecule has 0 amide bonds. The number of nitrogens with two attached hydrogens (primary N) is 1. The second-order valence-corrected chi connectivity index (χ2v) is 3.95. The lowest BCUT2D eigenvalue weighted by atomic mass is 10.5. The highest BCUT2D eigenvalue weighted by Crippen LogP contribution is 2.26. The lowest BCUT2D eigenvalue weighted by Crippen LogP contribution is -1.99. The van der Waals surface area contributed by atoms with Crippen molar-refractivity contribution >= 4 is 15.6 Å². The molecule has 96 valence electrons. The van der Waals surface area contributed by atoms with E-state index in [0.29, 0.717) is 6.54 Å². The molecule has 0 bridgehead atoms. The topological polar surface area (TPSA) is 202 Å². The Morgan fingerprint density at radius 1 is 0.867 bits per heavy atom. The van der Waals surface area contributed by atoms with Gasteiger partial charge in [-0.15, -0.1) is 0 Å². The van der Waals surface area contributed by atoms with Crippen LogP contribution in [0.4, 0.5) is 0 Å². The minimum absolute atomic E-state index is 0.219. The largest absolute Gasteiger partial charge is 0.466 e. The Hall–Kier alpha value is 0.140. The van der Waals surface area contributed by atoms with E-state index in [4.69, 9.17) is 49.3 Å². The van der Waals surface area contributed by atoms with Gasteiger partial charge in [0, 0.05) is 6.61 Å². The van der Waals surface area contributed by atoms with Crippen molar-refractivity contribution in [3.05, 3.63) is 0 Å². The molecule has 0 aliphatic rings. The molecule has 0 heterocycles. The zero-order valence-electron chi connectivity index (χ0n) is 7.54. The van der Waals surface area contributed by atoms with Crippen molar-refractivity contribution in [1.82, 2.24) is 0 Å². The highest BCUT2D eigenvalue weighted by Gasteiger charge is 2.00. The first-order chi connectivity index (χ1) is 6.41. The van der Waals surface area contributed by atoms with Gasteiger partial charge in [-0.3, -0.25) is 0 Å². The summed E-state index contributed by atoms with van der Waals surface area (Å²) >= 11 is 0. The maximum atomic E-state index is 8.88. The van der Waals surface area contributed by atoms with Crippen LogP contribution < -0.4 is 5.73 Å². The van der Waals surface area contributed by atoms with Crippen molar-refractivity contribution in [3.63, 3.8) is 0 Å². The fraction of sp³-hybridized carbons (Fsp3) is 1.00. The lowest BCUT2D eigenvalue weighted by Gasteiger charge is -1.82. The molecule has 15 heavy (non-hydrogen) atoms. The predicted molar refractivity (Wildman–Crippen MR) is 49.3 cm³/mol. The minimum Gasteiger partial charge on any atom is -0.396 e. The van der Waals surface area contributed by atoms with Crippen LogP contribution in [-0.4, -0.2) is 47.6 Å². The molecule has 0 aliphatic heterocycles. The molecule has 0 aromatic heterocycles. The number of hydrogen-bond donors (Lipinski definition) is 8. The first-order valence-electron chi connectivity index (χ1n) is 3.29. The van der Waals surface area contributed by atoms with Crippen LogP contribution in [0.5, 0.6) is 0 Å². The van der Waals surface area contributed by atoms with Crippen molar-refractivity contribution in [2.45, 2.75) is 6.42 Å². The third-order valence-corrected chi connectivity index (χ3v) is 0.362. The Balaban J connectivity index is -0.000000144. The molecule has 0 aromatic carbocycles. The van der Waals surface area contributed by atoms with Crippen LogP contribution in [0.15, 0.2) is 0 Å². The van der Waals surface area contributed by atoms with Gasteiger partial charge in [0.2, 0.25) is 0 Å². The molecule has 0 spiro atoms. The van der Waals surface area contributed by atoms with Gasteiger partial charge in [0.05, 0.1) is 0 Å². The number of hydrogen-bond acceptors (Lipinski definition) is 4. The van der Waals surface area contributed by atoms with Gasteiger partial charge in [-0.1, -0.05) is 0 Å². The zero-order valence-corrected chi connectivity index (χ0v) is 9.33. The highest BCUT2D eigenvalue weighted by atomic mass is 31.2. The zero-order chi connectivity index (χ0) is 13.1. The molecule has 0 rings (SSSR count). The van der Waals surface area contributed by atoms with Crippen LogP contribution in [0.25, 0.3) is 0 Å². The number of aliphatic hydroxyl groups is 1. The maximum absolute atomic E-state index is 8.88. The van der Waals surface area contributed by atoms with Crippen molar-refractivity contribution < 1.29 is 43.6 Å². The average Bonchev–Trinajstić information content (AvgIpc) is 1.80. The van der Waals surface area contributed by atoms with Gasteiger partial charge in [-0.05, 0) is 13.0 Å². The fourth-order valence-electron chi connectivity index (χ4n) is 0.0913. The van der Waals surface area contributed by atoms with Gasteiger partial charge in [0.1, 0.15) is 0 Å². The SMILES string of the molecule is NCCCO.O=P(O)(O)O.O=P(O)(O)O. The quantitative estimate of drug-likeness (QED) is 0.247. The normalized spacial score (nSPS) is 10.7. The summed E-state index contributed by atoms with van der Waals surface area (Å²) in [5, 5.41) is 7.99. The maximum Gasteiger partial charge on any atom is 0.466 e. The van der Waals surface area contributed by atoms with Crippen molar-refractivity contribution in [2.75, 3.05) is 13.2 Å². The molecule has 9 N–H and O–H groups in total. The van der Waals surface area contributed by atoms with E-state index in [2.05, 4.69) is 0 Å². The van der Waals surface area contributed by atoms with E-state index in [0.717, 1.165) is 6.42 Å². The number of aliphatic hydroxyl groups excluding tert-OH is 1. The van der Waals surface area contributed by atoms with E-state index in [1.165, 1.54) is 0 Å². The van der Waals surface area contributed by atoms with Crippen LogP contribution in [0, 0.1) is 0 Å². The Bertz CT molecular complexity index is 169. The summed E-state index contributed by atoms with van der Waals surface area (Å²) in [4.78, 5) is 43.1.